The number of tetrazole rings is 1. The second-order valence-electron chi connectivity index (χ2n) is 4.84. The van der Waals surface area contributed by atoms with Gasteiger partial charge in [-0.2, -0.15) is 0 Å². The van der Waals surface area contributed by atoms with Crippen LogP contribution in [0.2, 0.25) is 10.0 Å². The normalized spacial score (nSPS) is 10.9. The molecule has 6 nitrogen and oxygen atoms in total. The van der Waals surface area contributed by atoms with Gasteiger partial charge in [0.2, 0.25) is 0 Å². The molecule has 0 aliphatic heterocycles. The van der Waals surface area contributed by atoms with E-state index in [4.69, 9.17) is 23.2 Å². The molecule has 0 atom stereocenters. The van der Waals surface area contributed by atoms with Crippen LogP contribution in [-0.4, -0.2) is 44.1 Å². The summed E-state index contributed by atoms with van der Waals surface area (Å²) >= 11 is 11.6. The summed E-state index contributed by atoms with van der Waals surface area (Å²) in [4.78, 5) is 1.49. The zero-order chi connectivity index (χ0) is 16.5. The van der Waals surface area contributed by atoms with Crippen molar-refractivity contribution < 1.29 is 0 Å². The summed E-state index contributed by atoms with van der Waals surface area (Å²) in [6.07, 6.45) is 0. The molecule has 0 radical (unpaired) electrons. The van der Waals surface area contributed by atoms with Crippen LogP contribution in [0.1, 0.15) is 0 Å². The molecule has 0 spiro atoms. The average molecular weight is 422 g/mol. The van der Waals surface area contributed by atoms with E-state index in [1.54, 1.807) is 12.1 Å². The van der Waals surface area contributed by atoms with E-state index in [0.29, 0.717) is 15.9 Å². The maximum absolute atomic E-state index is 5.94. The van der Waals surface area contributed by atoms with Crippen molar-refractivity contribution in [1.29, 1.82) is 0 Å². The Morgan fingerprint density at radius 1 is 0.792 bits per heavy atom. The predicted molar refractivity (Wildman–Crippen MR) is 92.6 cm³/mol. The van der Waals surface area contributed by atoms with Crippen molar-refractivity contribution in [2.75, 3.05) is 0 Å². The summed E-state index contributed by atoms with van der Waals surface area (Å²) < 4.78 is 4.98. The number of aromatic nitrogens is 6. The van der Waals surface area contributed by atoms with Gasteiger partial charge >= 0.3 is 153 Å². The Kier molecular flexibility index (Phi) is 4.16. The minimum atomic E-state index is -0.201. The van der Waals surface area contributed by atoms with Crippen molar-refractivity contribution in [2.45, 2.75) is 0 Å². The molecule has 0 unspecified atom stereocenters. The Morgan fingerprint density at radius 3 is 2.08 bits per heavy atom. The molecule has 0 amide bonds. The minimum absolute atomic E-state index is 0.201. The Labute approximate surface area is 153 Å². The monoisotopic (exact) mass is 422 g/mol. The van der Waals surface area contributed by atoms with Gasteiger partial charge in [0, 0.05) is 0 Å². The molecular weight excluding hydrogens is 414 g/mol. The Morgan fingerprint density at radius 2 is 1.42 bits per heavy atom. The number of halogens is 2. The van der Waals surface area contributed by atoms with Crippen LogP contribution in [0.4, 0.5) is 0 Å². The number of nitrogens with zero attached hydrogens (tertiary/aromatic N) is 6. The molecule has 0 N–H and O–H groups in total. The fourth-order valence-corrected chi connectivity index (χ4v) is 3.62. The number of rotatable bonds is 3. The van der Waals surface area contributed by atoms with Crippen LogP contribution in [0.5, 0.6) is 0 Å². The molecule has 118 valence electrons. The third kappa shape index (κ3) is 2.99. The zero-order valence-electron chi connectivity index (χ0n) is 12.0. The van der Waals surface area contributed by atoms with E-state index < -0.39 is 0 Å². The van der Waals surface area contributed by atoms with E-state index in [2.05, 4.69) is 24.6 Å². The molecule has 0 aliphatic rings. The molecule has 0 saturated carbocycles. The second kappa shape index (κ2) is 6.45. The van der Waals surface area contributed by atoms with E-state index >= 15 is 0 Å². The Bertz CT molecular complexity index is 978. The standard InChI is InChI=1S/C15H8Cl2N6Se/c16-11-5-1-9(2-6-11)13-15(24-22-18-13)23-20-14(19-21-23)10-3-7-12(17)8-4-10/h1-8H. The SMILES string of the molecule is Clc1ccc(-c2nnn(-c3[se]nnc3-c3ccc(Cl)cc3)n2)cc1. The van der Waals surface area contributed by atoms with Gasteiger partial charge in [-0.1, -0.05) is 0 Å². The number of hydrogen-bond acceptors (Lipinski definition) is 5. The summed E-state index contributed by atoms with van der Waals surface area (Å²) in [7, 11) is 0. The molecule has 0 bridgehead atoms. The summed E-state index contributed by atoms with van der Waals surface area (Å²) in [5.41, 5.74) is 2.51. The van der Waals surface area contributed by atoms with E-state index in [9.17, 15) is 0 Å². The van der Waals surface area contributed by atoms with Gasteiger partial charge < -0.3 is 0 Å². The maximum atomic E-state index is 5.94. The van der Waals surface area contributed by atoms with Crippen LogP contribution in [0.3, 0.4) is 0 Å². The zero-order valence-corrected chi connectivity index (χ0v) is 15.2. The molecular formula is C15H8Cl2N6Se. The Hall–Kier alpha value is -2.05. The second-order valence-corrected chi connectivity index (χ2v) is 7.25. The van der Waals surface area contributed by atoms with Gasteiger partial charge in [0.25, 0.3) is 0 Å². The molecule has 0 fully saturated rings. The first-order valence-corrected chi connectivity index (χ1v) is 9.23. The van der Waals surface area contributed by atoms with Crippen LogP contribution in [0.25, 0.3) is 27.2 Å². The van der Waals surface area contributed by atoms with Crippen molar-refractivity contribution in [3.63, 3.8) is 0 Å². The topological polar surface area (TPSA) is 69.4 Å². The summed E-state index contributed by atoms with van der Waals surface area (Å²) in [5.74, 6) is 0.525. The van der Waals surface area contributed by atoms with Crippen molar-refractivity contribution in [1.82, 2.24) is 29.4 Å². The molecule has 2 aromatic carbocycles. The van der Waals surface area contributed by atoms with Gasteiger partial charge in [-0.15, -0.1) is 0 Å². The third-order valence-corrected chi connectivity index (χ3v) is 5.24. The van der Waals surface area contributed by atoms with Gasteiger partial charge in [-0.3, -0.25) is 0 Å². The van der Waals surface area contributed by atoms with Crippen molar-refractivity contribution in [3.05, 3.63) is 58.6 Å². The molecule has 2 aromatic heterocycles. The van der Waals surface area contributed by atoms with Gasteiger partial charge in [0.05, 0.1) is 0 Å². The van der Waals surface area contributed by atoms with Gasteiger partial charge in [0.1, 0.15) is 0 Å². The van der Waals surface area contributed by atoms with E-state index in [0.717, 1.165) is 21.4 Å². The number of benzene rings is 2. The molecule has 0 saturated heterocycles. The molecule has 4 aromatic rings. The van der Waals surface area contributed by atoms with E-state index in [-0.39, 0.29) is 14.7 Å². The van der Waals surface area contributed by atoms with Crippen molar-refractivity contribution >= 4 is 37.9 Å². The quantitative estimate of drug-likeness (QED) is 0.475. The summed E-state index contributed by atoms with van der Waals surface area (Å²) in [5, 5.41) is 18.3. The molecule has 24 heavy (non-hydrogen) atoms. The van der Waals surface area contributed by atoms with E-state index in [1.807, 2.05) is 36.4 Å². The van der Waals surface area contributed by atoms with Gasteiger partial charge in [0.15, 0.2) is 0 Å². The van der Waals surface area contributed by atoms with Gasteiger partial charge in [-0.05, 0) is 0 Å². The first kappa shape index (κ1) is 15.5. The van der Waals surface area contributed by atoms with Crippen molar-refractivity contribution in [3.8, 4) is 27.2 Å². The van der Waals surface area contributed by atoms with Crippen LogP contribution in [-0.2, 0) is 0 Å². The fourth-order valence-electron chi connectivity index (χ4n) is 2.12. The van der Waals surface area contributed by atoms with Crippen LogP contribution in [0.15, 0.2) is 48.5 Å². The molecule has 4 rings (SSSR count). The van der Waals surface area contributed by atoms with E-state index in [1.165, 1.54) is 4.80 Å². The summed E-state index contributed by atoms with van der Waals surface area (Å²) in [6, 6.07) is 14.7. The molecule has 9 heteroatoms. The predicted octanol–water partition coefficient (Wildman–Crippen LogP) is 3.15. The Balaban J connectivity index is 1.72. The van der Waals surface area contributed by atoms with Crippen molar-refractivity contribution in [2.24, 2.45) is 0 Å². The fraction of sp³-hybridized carbons (Fsp3) is 0. The van der Waals surface area contributed by atoms with Crippen LogP contribution in [0, 0.1) is 0 Å². The molecule has 2 heterocycles. The summed E-state index contributed by atoms with van der Waals surface area (Å²) in [6.45, 7) is 0. The first-order chi connectivity index (χ1) is 11.7. The number of hydrogen-bond donors (Lipinski definition) is 0. The molecule has 0 aliphatic carbocycles. The average Bonchev–Trinajstić information content (AvgIpc) is 3.25. The first-order valence-electron chi connectivity index (χ1n) is 6.85. The van der Waals surface area contributed by atoms with Gasteiger partial charge in [-0.25, -0.2) is 0 Å². The third-order valence-electron chi connectivity index (χ3n) is 3.29. The van der Waals surface area contributed by atoms with Crippen LogP contribution < -0.4 is 0 Å². The van der Waals surface area contributed by atoms with Crippen LogP contribution >= 0.6 is 23.2 Å².